The van der Waals surface area contributed by atoms with E-state index in [1.54, 1.807) is 31.4 Å². The van der Waals surface area contributed by atoms with Gasteiger partial charge < -0.3 is 14.2 Å². The van der Waals surface area contributed by atoms with Gasteiger partial charge in [-0.05, 0) is 12.1 Å². The van der Waals surface area contributed by atoms with Crippen molar-refractivity contribution in [3.63, 3.8) is 0 Å². The van der Waals surface area contributed by atoms with Crippen molar-refractivity contribution in [2.45, 2.75) is 5.79 Å². The number of methoxy groups -OCH3 is 1. The fourth-order valence-electron chi connectivity index (χ4n) is 2.43. The van der Waals surface area contributed by atoms with Gasteiger partial charge in [0.2, 0.25) is 0 Å². The molecule has 1 aliphatic heterocycles. The second-order valence-corrected chi connectivity index (χ2v) is 5.91. The van der Waals surface area contributed by atoms with E-state index >= 15 is 0 Å². The zero-order valence-electron chi connectivity index (χ0n) is 12.7. The Morgan fingerprint density at radius 1 is 1.04 bits per heavy atom. The van der Waals surface area contributed by atoms with Gasteiger partial charge in [0.1, 0.15) is 5.75 Å². The summed E-state index contributed by atoms with van der Waals surface area (Å²) in [5.74, 6) is -0.486. The Hall–Kier alpha value is -0.373. The molecule has 1 fully saturated rings. The van der Waals surface area contributed by atoms with Gasteiger partial charge in [0, 0.05) is 5.56 Å². The van der Waals surface area contributed by atoms with Crippen LogP contribution < -0.4 is 23.6 Å². The summed E-state index contributed by atoms with van der Waals surface area (Å²) in [5, 5.41) is 1.21. The standard InChI is InChI=1S/C16H12Cl3O3.Li/c1-20-15-5-3-11(9-14(15)19)16(21-6-7-22-16)10-2-4-12(17)13(18)8-10;/h2-3,5,8-9H,6-7H2,1H3;/q-1;+1. The normalized spacial score (nSPS) is 16.0. The summed E-state index contributed by atoms with van der Waals surface area (Å²) in [5.41, 5.74) is 1.46. The van der Waals surface area contributed by atoms with Crippen LogP contribution in [0.15, 0.2) is 30.3 Å². The third kappa shape index (κ3) is 3.52. The van der Waals surface area contributed by atoms with E-state index in [1.165, 1.54) is 0 Å². The van der Waals surface area contributed by atoms with Gasteiger partial charge in [-0.3, -0.25) is 0 Å². The molecule has 0 amide bonds. The molecule has 1 aliphatic rings. The first-order chi connectivity index (χ1) is 10.6. The molecule has 0 saturated carbocycles. The monoisotopic (exact) mass is 364 g/mol. The maximum Gasteiger partial charge on any atom is 1.00 e. The van der Waals surface area contributed by atoms with Gasteiger partial charge in [-0.1, -0.05) is 33.3 Å². The minimum absolute atomic E-state index is 0. The first-order valence-electron chi connectivity index (χ1n) is 6.56. The van der Waals surface area contributed by atoms with Gasteiger partial charge in [-0.2, -0.15) is 23.7 Å². The van der Waals surface area contributed by atoms with Crippen molar-refractivity contribution in [1.82, 2.24) is 0 Å². The van der Waals surface area contributed by atoms with Gasteiger partial charge in [0.05, 0.1) is 25.3 Å². The first-order valence-corrected chi connectivity index (χ1v) is 7.69. The smallest absolute Gasteiger partial charge is 0.495 e. The molecule has 23 heavy (non-hydrogen) atoms. The van der Waals surface area contributed by atoms with E-state index in [0.717, 1.165) is 5.56 Å². The predicted molar refractivity (Wildman–Crippen MR) is 86.0 cm³/mol. The summed E-state index contributed by atoms with van der Waals surface area (Å²) in [6, 6.07) is 11.7. The van der Waals surface area contributed by atoms with Gasteiger partial charge in [0.15, 0.2) is 5.79 Å². The van der Waals surface area contributed by atoms with E-state index in [9.17, 15) is 0 Å². The molecule has 7 heteroatoms. The Kier molecular flexibility index (Phi) is 6.33. The minimum atomic E-state index is -1.07. The zero-order chi connectivity index (χ0) is 15.7. The number of hydrogen-bond acceptors (Lipinski definition) is 3. The van der Waals surface area contributed by atoms with Crippen LogP contribution in [0.3, 0.4) is 0 Å². The van der Waals surface area contributed by atoms with E-state index in [4.69, 9.17) is 49.0 Å². The van der Waals surface area contributed by atoms with Crippen molar-refractivity contribution in [3.05, 3.63) is 62.6 Å². The van der Waals surface area contributed by atoms with Crippen molar-refractivity contribution in [2.24, 2.45) is 0 Å². The van der Waals surface area contributed by atoms with Gasteiger partial charge in [-0.25, -0.2) is 0 Å². The average molecular weight is 366 g/mol. The van der Waals surface area contributed by atoms with E-state index in [1.807, 2.05) is 6.07 Å². The van der Waals surface area contributed by atoms with Crippen LogP contribution in [-0.2, 0) is 15.3 Å². The molecule has 0 atom stereocenters. The Morgan fingerprint density at radius 2 is 1.70 bits per heavy atom. The molecule has 0 N–H and O–H groups in total. The summed E-state index contributed by atoms with van der Waals surface area (Å²) in [4.78, 5) is 0. The summed E-state index contributed by atoms with van der Waals surface area (Å²) in [6.45, 7) is 0.924. The molecular formula is C16H12Cl3LiO3. The molecule has 0 spiro atoms. The average Bonchev–Trinajstić information content (AvgIpc) is 3.01. The second kappa shape index (κ2) is 7.67. The molecule has 0 bridgehead atoms. The number of ether oxygens (including phenoxy) is 3. The SMILES string of the molecule is COc1ccc(C2(c3c[c-]c(Cl)c(Cl)c3)OCCO2)cc1Cl.[Li+]. The van der Waals surface area contributed by atoms with E-state index < -0.39 is 5.79 Å². The summed E-state index contributed by atoms with van der Waals surface area (Å²) in [7, 11) is 1.56. The fraction of sp³-hybridized carbons (Fsp3) is 0.250. The Balaban J connectivity index is 0.00000192. The van der Waals surface area contributed by atoms with Crippen LogP contribution in [0.25, 0.3) is 0 Å². The van der Waals surface area contributed by atoms with Crippen LogP contribution in [0.2, 0.25) is 15.1 Å². The van der Waals surface area contributed by atoms with Crippen LogP contribution in [0.4, 0.5) is 0 Å². The zero-order valence-corrected chi connectivity index (χ0v) is 14.9. The fourth-order valence-corrected chi connectivity index (χ4v) is 2.96. The van der Waals surface area contributed by atoms with E-state index in [2.05, 4.69) is 6.07 Å². The van der Waals surface area contributed by atoms with Crippen molar-refractivity contribution in [2.75, 3.05) is 20.3 Å². The number of halogens is 3. The third-order valence-corrected chi connectivity index (χ3v) is 4.46. The molecule has 2 aromatic carbocycles. The molecule has 3 nitrogen and oxygen atoms in total. The summed E-state index contributed by atoms with van der Waals surface area (Å²) in [6.07, 6.45) is 0. The van der Waals surface area contributed by atoms with Crippen LogP contribution in [0.1, 0.15) is 11.1 Å². The van der Waals surface area contributed by atoms with Gasteiger partial charge >= 0.3 is 18.9 Å². The first kappa shape index (κ1) is 19.0. The van der Waals surface area contributed by atoms with Gasteiger partial charge in [0.25, 0.3) is 0 Å². The number of benzene rings is 2. The Morgan fingerprint density at radius 3 is 2.26 bits per heavy atom. The van der Waals surface area contributed by atoms with Crippen molar-refractivity contribution in [1.29, 1.82) is 0 Å². The molecule has 1 saturated heterocycles. The van der Waals surface area contributed by atoms with E-state index in [0.29, 0.717) is 39.6 Å². The summed E-state index contributed by atoms with van der Waals surface area (Å²) < 4.78 is 17.0. The molecule has 0 unspecified atom stereocenters. The Labute approximate surface area is 161 Å². The minimum Gasteiger partial charge on any atom is -0.495 e. The molecule has 2 aromatic rings. The Bertz CT molecular complexity index is 703. The van der Waals surface area contributed by atoms with Crippen LogP contribution in [0, 0.1) is 6.07 Å². The summed E-state index contributed by atoms with van der Waals surface area (Å²) >= 11 is 18.3. The topological polar surface area (TPSA) is 27.7 Å². The molecule has 116 valence electrons. The number of rotatable bonds is 3. The van der Waals surface area contributed by atoms with Crippen molar-refractivity contribution in [3.8, 4) is 5.75 Å². The van der Waals surface area contributed by atoms with Crippen LogP contribution in [0.5, 0.6) is 5.75 Å². The number of hydrogen-bond donors (Lipinski definition) is 0. The third-order valence-electron chi connectivity index (χ3n) is 3.45. The molecule has 1 heterocycles. The predicted octanol–water partition coefficient (Wildman–Crippen LogP) is 1.71. The quantitative estimate of drug-likeness (QED) is 0.612. The van der Waals surface area contributed by atoms with Crippen LogP contribution in [-0.4, -0.2) is 20.3 Å². The second-order valence-electron chi connectivity index (χ2n) is 4.71. The van der Waals surface area contributed by atoms with E-state index in [-0.39, 0.29) is 18.9 Å². The maximum atomic E-state index is 6.22. The van der Waals surface area contributed by atoms with Crippen molar-refractivity contribution >= 4 is 34.8 Å². The molecular weight excluding hydrogens is 353 g/mol. The van der Waals surface area contributed by atoms with Crippen molar-refractivity contribution < 1.29 is 33.1 Å². The van der Waals surface area contributed by atoms with Gasteiger partial charge in [-0.15, -0.1) is 17.7 Å². The molecule has 3 rings (SSSR count). The largest absolute Gasteiger partial charge is 1.00 e. The van der Waals surface area contributed by atoms with Crippen LogP contribution >= 0.6 is 34.8 Å². The molecule has 0 radical (unpaired) electrons. The molecule has 0 aromatic heterocycles. The maximum absolute atomic E-state index is 6.22. The molecule has 0 aliphatic carbocycles.